The van der Waals surface area contributed by atoms with Gasteiger partial charge >= 0.3 is 0 Å². The highest BCUT2D eigenvalue weighted by Crippen LogP contribution is 2.22. The normalized spacial score (nSPS) is 13.9. The Morgan fingerprint density at radius 1 is 0.844 bits per heavy atom. The van der Waals surface area contributed by atoms with Crippen LogP contribution in [0.15, 0.2) is 84.9 Å². The van der Waals surface area contributed by atoms with Crippen LogP contribution in [-0.4, -0.2) is 44.1 Å². The SMILES string of the molecule is COc1ccc(/C=C/C(=O)N2CCN(c3ccc(OCc4ccccc4)cc3)CC2)cc1. The van der Waals surface area contributed by atoms with Crippen molar-refractivity contribution in [2.45, 2.75) is 6.61 Å². The largest absolute Gasteiger partial charge is 0.497 e. The average molecular weight is 429 g/mol. The fourth-order valence-corrected chi connectivity index (χ4v) is 3.67. The first-order valence-corrected chi connectivity index (χ1v) is 10.8. The van der Waals surface area contributed by atoms with E-state index in [2.05, 4.69) is 29.2 Å². The van der Waals surface area contributed by atoms with Gasteiger partial charge in [-0.1, -0.05) is 42.5 Å². The third kappa shape index (κ3) is 5.70. The van der Waals surface area contributed by atoms with Gasteiger partial charge in [0.1, 0.15) is 18.1 Å². The summed E-state index contributed by atoms with van der Waals surface area (Å²) < 4.78 is 11.0. The van der Waals surface area contributed by atoms with Gasteiger partial charge in [0.2, 0.25) is 5.91 Å². The van der Waals surface area contributed by atoms with E-state index in [9.17, 15) is 4.79 Å². The van der Waals surface area contributed by atoms with Gasteiger partial charge in [0.15, 0.2) is 0 Å². The monoisotopic (exact) mass is 428 g/mol. The third-order valence-corrected chi connectivity index (χ3v) is 5.58. The number of nitrogens with zero attached hydrogens (tertiary/aromatic N) is 2. The Bertz CT molecular complexity index is 1020. The molecule has 1 saturated heterocycles. The summed E-state index contributed by atoms with van der Waals surface area (Å²) in [5.74, 6) is 1.71. The van der Waals surface area contributed by atoms with Crippen LogP contribution in [0.5, 0.6) is 11.5 Å². The number of anilines is 1. The van der Waals surface area contributed by atoms with E-state index in [1.54, 1.807) is 13.2 Å². The van der Waals surface area contributed by atoms with Crippen molar-refractivity contribution in [3.63, 3.8) is 0 Å². The molecule has 5 nitrogen and oxygen atoms in total. The molecule has 0 bridgehead atoms. The maximum Gasteiger partial charge on any atom is 0.246 e. The number of ether oxygens (including phenoxy) is 2. The van der Waals surface area contributed by atoms with E-state index >= 15 is 0 Å². The number of carbonyl (C=O) groups is 1. The van der Waals surface area contributed by atoms with Crippen LogP contribution < -0.4 is 14.4 Å². The first-order valence-electron chi connectivity index (χ1n) is 10.8. The van der Waals surface area contributed by atoms with E-state index in [1.165, 1.54) is 0 Å². The first-order chi connectivity index (χ1) is 15.7. The maximum absolute atomic E-state index is 12.6. The Balaban J connectivity index is 1.25. The summed E-state index contributed by atoms with van der Waals surface area (Å²) in [5, 5.41) is 0. The number of hydrogen-bond acceptors (Lipinski definition) is 4. The molecule has 0 unspecified atom stereocenters. The molecule has 1 fully saturated rings. The van der Waals surface area contributed by atoms with Crippen molar-refractivity contribution in [3.8, 4) is 11.5 Å². The van der Waals surface area contributed by atoms with Crippen molar-refractivity contribution >= 4 is 17.7 Å². The summed E-state index contributed by atoms with van der Waals surface area (Å²) in [6.45, 7) is 3.60. The van der Waals surface area contributed by atoms with Crippen molar-refractivity contribution in [2.24, 2.45) is 0 Å². The van der Waals surface area contributed by atoms with Crippen molar-refractivity contribution in [2.75, 3.05) is 38.2 Å². The van der Waals surface area contributed by atoms with Gasteiger partial charge in [-0.2, -0.15) is 0 Å². The molecule has 1 aliphatic heterocycles. The molecule has 0 aliphatic carbocycles. The molecule has 1 heterocycles. The second-order valence-electron chi connectivity index (χ2n) is 7.69. The minimum atomic E-state index is 0.0464. The molecule has 0 saturated carbocycles. The Kier molecular flexibility index (Phi) is 7.08. The summed E-state index contributed by atoms with van der Waals surface area (Å²) in [6, 6.07) is 26.0. The molecule has 164 valence electrons. The highest BCUT2D eigenvalue weighted by Gasteiger charge is 2.19. The predicted octanol–water partition coefficient (Wildman–Crippen LogP) is 4.64. The second-order valence-corrected chi connectivity index (χ2v) is 7.69. The van der Waals surface area contributed by atoms with Crippen molar-refractivity contribution in [1.29, 1.82) is 0 Å². The first kappa shape index (κ1) is 21.5. The number of carbonyl (C=O) groups excluding carboxylic acids is 1. The highest BCUT2D eigenvalue weighted by atomic mass is 16.5. The molecular weight excluding hydrogens is 400 g/mol. The zero-order chi connectivity index (χ0) is 22.2. The van der Waals surface area contributed by atoms with Gasteiger partial charge in [-0.25, -0.2) is 0 Å². The molecule has 1 aliphatic rings. The molecule has 1 amide bonds. The van der Waals surface area contributed by atoms with Crippen molar-refractivity contribution in [3.05, 3.63) is 96.1 Å². The van der Waals surface area contributed by atoms with Crippen LogP contribution in [0.3, 0.4) is 0 Å². The zero-order valence-electron chi connectivity index (χ0n) is 18.3. The van der Waals surface area contributed by atoms with E-state index in [1.807, 2.05) is 65.6 Å². The topological polar surface area (TPSA) is 42.0 Å². The molecule has 3 aromatic rings. The Morgan fingerprint density at radius 2 is 1.50 bits per heavy atom. The van der Waals surface area contributed by atoms with Gasteiger partial charge in [-0.3, -0.25) is 4.79 Å². The average Bonchev–Trinajstić information content (AvgIpc) is 2.87. The van der Waals surface area contributed by atoms with Crippen LogP contribution in [0.2, 0.25) is 0 Å². The van der Waals surface area contributed by atoms with Gasteiger partial charge in [-0.15, -0.1) is 0 Å². The number of hydrogen-bond donors (Lipinski definition) is 0. The molecule has 0 spiro atoms. The van der Waals surface area contributed by atoms with Crippen LogP contribution in [-0.2, 0) is 11.4 Å². The van der Waals surface area contributed by atoms with Crippen molar-refractivity contribution < 1.29 is 14.3 Å². The highest BCUT2D eigenvalue weighted by molar-refractivity contribution is 5.92. The predicted molar refractivity (Wildman–Crippen MR) is 128 cm³/mol. The van der Waals surface area contributed by atoms with Gasteiger partial charge in [-0.05, 0) is 53.6 Å². The maximum atomic E-state index is 12.6. The quantitative estimate of drug-likeness (QED) is 0.515. The van der Waals surface area contributed by atoms with Crippen LogP contribution in [0.4, 0.5) is 5.69 Å². The fraction of sp³-hybridized carbons (Fsp3) is 0.222. The lowest BCUT2D eigenvalue weighted by atomic mass is 10.2. The van der Waals surface area contributed by atoms with E-state index < -0.39 is 0 Å². The van der Waals surface area contributed by atoms with Gasteiger partial charge in [0.05, 0.1) is 7.11 Å². The number of benzene rings is 3. The lowest BCUT2D eigenvalue weighted by molar-refractivity contribution is -0.126. The summed E-state index contributed by atoms with van der Waals surface area (Å²) in [7, 11) is 1.64. The van der Waals surface area contributed by atoms with Crippen LogP contribution in [0.1, 0.15) is 11.1 Å². The Hall–Kier alpha value is -3.73. The standard InChI is InChI=1S/C27H28N2O3/c1-31-25-12-7-22(8-13-25)9-16-27(30)29-19-17-28(18-20-29)24-10-14-26(15-11-24)32-21-23-5-3-2-4-6-23/h2-16H,17-21H2,1H3/b16-9+. The van der Waals surface area contributed by atoms with Gasteiger partial charge in [0, 0.05) is 37.9 Å². The van der Waals surface area contributed by atoms with Gasteiger partial charge in [0.25, 0.3) is 0 Å². The zero-order valence-corrected chi connectivity index (χ0v) is 18.3. The molecule has 32 heavy (non-hydrogen) atoms. The Labute approximate surface area is 189 Å². The van der Waals surface area contributed by atoms with E-state index in [0.29, 0.717) is 19.7 Å². The molecule has 5 heteroatoms. The Morgan fingerprint density at radius 3 is 2.16 bits per heavy atom. The molecule has 0 N–H and O–H groups in total. The second kappa shape index (κ2) is 10.5. The van der Waals surface area contributed by atoms with E-state index in [4.69, 9.17) is 9.47 Å². The van der Waals surface area contributed by atoms with E-state index in [0.717, 1.165) is 41.4 Å². The number of piperazine rings is 1. The van der Waals surface area contributed by atoms with Crippen molar-refractivity contribution in [1.82, 2.24) is 4.90 Å². The minimum Gasteiger partial charge on any atom is -0.497 e. The molecule has 0 atom stereocenters. The molecule has 0 radical (unpaired) electrons. The van der Waals surface area contributed by atoms with Crippen LogP contribution in [0.25, 0.3) is 6.08 Å². The molecule has 0 aromatic heterocycles. The minimum absolute atomic E-state index is 0.0464. The lowest BCUT2D eigenvalue weighted by Gasteiger charge is -2.35. The number of amides is 1. The van der Waals surface area contributed by atoms with Crippen LogP contribution >= 0.6 is 0 Å². The molecule has 3 aromatic carbocycles. The molecular formula is C27H28N2O3. The smallest absolute Gasteiger partial charge is 0.246 e. The summed E-state index contributed by atoms with van der Waals surface area (Å²) in [6.07, 6.45) is 3.50. The third-order valence-electron chi connectivity index (χ3n) is 5.58. The summed E-state index contributed by atoms with van der Waals surface area (Å²) >= 11 is 0. The number of methoxy groups -OCH3 is 1. The van der Waals surface area contributed by atoms with Crippen LogP contribution in [0, 0.1) is 0 Å². The summed E-state index contributed by atoms with van der Waals surface area (Å²) in [4.78, 5) is 16.8. The van der Waals surface area contributed by atoms with Gasteiger partial charge < -0.3 is 19.3 Å². The summed E-state index contributed by atoms with van der Waals surface area (Å²) in [5.41, 5.74) is 3.28. The number of rotatable bonds is 7. The lowest BCUT2D eigenvalue weighted by Crippen LogP contribution is -2.48. The molecule has 4 rings (SSSR count). The van der Waals surface area contributed by atoms with E-state index in [-0.39, 0.29) is 5.91 Å². The fourth-order valence-electron chi connectivity index (χ4n) is 3.67.